The zero-order chi connectivity index (χ0) is 15.5. The Morgan fingerprint density at radius 2 is 1.62 bits per heavy atom. The predicted octanol–water partition coefficient (Wildman–Crippen LogP) is 2.44. The topological polar surface area (TPSA) is 70.0 Å². The van der Waals surface area contributed by atoms with Crippen molar-refractivity contribution < 1.29 is 13.5 Å². The van der Waals surface area contributed by atoms with Crippen molar-refractivity contribution in [3.8, 4) is 5.75 Å². The Morgan fingerprint density at radius 3 is 2.24 bits per heavy atom. The zero-order valence-electron chi connectivity index (χ0n) is 11.8. The monoisotopic (exact) mass is 304 g/mol. The van der Waals surface area contributed by atoms with Gasteiger partial charge in [-0.25, -0.2) is 0 Å². The van der Waals surface area contributed by atoms with Crippen molar-refractivity contribution in [1.29, 1.82) is 0 Å². The molecule has 0 amide bonds. The SMILES string of the molecule is C/C(=N\N(C)S(=O)(=O)c1ccccc1)c1ccccc1O. The van der Waals surface area contributed by atoms with Crippen molar-refractivity contribution in [2.45, 2.75) is 11.8 Å². The van der Waals surface area contributed by atoms with Gasteiger partial charge in [0.25, 0.3) is 10.0 Å². The molecule has 0 aromatic heterocycles. The average Bonchev–Trinajstić information content (AvgIpc) is 2.48. The molecule has 21 heavy (non-hydrogen) atoms. The Kier molecular flexibility index (Phi) is 4.28. The minimum Gasteiger partial charge on any atom is -0.507 e. The van der Waals surface area contributed by atoms with Crippen LogP contribution in [-0.4, -0.2) is 30.7 Å². The lowest BCUT2D eigenvalue weighted by Gasteiger charge is -2.15. The number of rotatable bonds is 4. The van der Waals surface area contributed by atoms with E-state index >= 15 is 0 Å². The molecule has 0 atom stereocenters. The standard InChI is InChI=1S/C15H16N2O3S/c1-12(14-10-6-7-11-15(14)18)16-17(2)21(19,20)13-8-4-3-5-9-13/h3-11,18H,1-2H3/b16-12+. The second-order valence-electron chi connectivity index (χ2n) is 4.45. The molecule has 2 rings (SSSR count). The first-order chi connectivity index (χ1) is 9.93. The van der Waals surface area contributed by atoms with Crippen molar-refractivity contribution in [1.82, 2.24) is 4.41 Å². The summed E-state index contributed by atoms with van der Waals surface area (Å²) in [6.45, 7) is 1.64. The third kappa shape index (κ3) is 3.22. The summed E-state index contributed by atoms with van der Waals surface area (Å²) in [7, 11) is -2.32. The summed E-state index contributed by atoms with van der Waals surface area (Å²) in [5.74, 6) is 0.0595. The van der Waals surface area contributed by atoms with E-state index in [1.54, 1.807) is 43.3 Å². The van der Waals surface area contributed by atoms with Crippen LogP contribution in [-0.2, 0) is 10.0 Å². The Labute approximate surface area is 124 Å². The van der Waals surface area contributed by atoms with Crippen LogP contribution in [0.3, 0.4) is 0 Å². The molecule has 0 unspecified atom stereocenters. The van der Waals surface area contributed by atoms with Crippen LogP contribution in [0.4, 0.5) is 0 Å². The first-order valence-electron chi connectivity index (χ1n) is 6.30. The molecule has 0 fully saturated rings. The van der Waals surface area contributed by atoms with Crippen molar-refractivity contribution in [3.63, 3.8) is 0 Å². The zero-order valence-corrected chi connectivity index (χ0v) is 12.6. The number of hydrogen-bond acceptors (Lipinski definition) is 4. The highest BCUT2D eigenvalue weighted by molar-refractivity contribution is 7.89. The van der Waals surface area contributed by atoms with Crippen molar-refractivity contribution in [2.24, 2.45) is 5.10 Å². The fraction of sp³-hybridized carbons (Fsp3) is 0.133. The molecule has 0 saturated heterocycles. The molecule has 2 aromatic carbocycles. The van der Waals surface area contributed by atoms with Crippen LogP contribution in [0, 0.1) is 0 Å². The number of hydrazone groups is 1. The van der Waals surface area contributed by atoms with Gasteiger partial charge in [0.2, 0.25) is 0 Å². The van der Waals surface area contributed by atoms with E-state index in [1.165, 1.54) is 25.2 Å². The summed E-state index contributed by atoms with van der Waals surface area (Å²) in [5.41, 5.74) is 0.905. The van der Waals surface area contributed by atoms with Gasteiger partial charge < -0.3 is 5.11 Å². The molecular formula is C15H16N2O3S. The van der Waals surface area contributed by atoms with E-state index in [0.717, 1.165) is 4.41 Å². The summed E-state index contributed by atoms with van der Waals surface area (Å²) in [5, 5.41) is 13.8. The quantitative estimate of drug-likeness (QED) is 0.696. The van der Waals surface area contributed by atoms with Crippen LogP contribution in [0.15, 0.2) is 64.6 Å². The second kappa shape index (κ2) is 5.97. The summed E-state index contributed by atoms with van der Waals surface area (Å²) in [6.07, 6.45) is 0. The molecule has 0 spiro atoms. The van der Waals surface area contributed by atoms with Gasteiger partial charge in [0.05, 0.1) is 10.6 Å². The van der Waals surface area contributed by atoms with E-state index < -0.39 is 10.0 Å². The van der Waals surface area contributed by atoms with Crippen LogP contribution < -0.4 is 0 Å². The van der Waals surface area contributed by atoms with E-state index in [1.807, 2.05) is 0 Å². The van der Waals surface area contributed by atoms with E-state index in [4.69, 9.17) is 0 Å². The molecule has 0 aliphatic rings. The first-order valence-corrected chi connectivity index (χ1v) is 7.74. The van der Waals surface area contributed by atoms with E-state index in [9.17, 15) is 13.5 Å². The summed E-state index contributed by atoms with van der Waals surface area (Å²) >= 11 is 0. The maximum atomic E-state index is 12.3. The molecule has 5 nitrogen and oxygen atoms in total. The smallest absolute Gasteiger partial charge is 0.278 e. The normalized spacial score (nSPS) is 12.2. The summed E-state index contributed by atoms with van der Waals surface area (Å²) in [6, 6.07) is 14.7. The predicted molar refractivity (Wildman–Crippen MR) is 81.7 cm³/mol. The van der Waals surface area contributed by atoms with Crippen LogP contribution in [0.2, 0.25) is 0 Å². The van der Waals surface area contributed by atoms with Crippen LogP contribution in [0.25, 0.3) is 0 Å². The van der Waals surface area contributed by atoms with Gasteiger partial charge in [-0.1, -0.05) is 30.3 Å². The van der Waals surface area contributed by atoms with E-state index in [-0.39, 0.29) is 10.6 Å². The summed E-state index contributed by atoms with van der Waals surface area (Å²) < 4.78 is 25.6. The number of hydrogen-bond donors (Lipinski definition) is 1. The molecule has 2 aromatic rings. The number of sulfonamides is 1. The van der Waals surface area contributed by atoms with Crippen molar-refractivity contribution >= 4 is 15.7 Å². The minimum absolute atomic E-state index is 0.0595. The van der Waals surface area contributed by atoms with Crippen molar-refractivity contribution in [2.75, 3.05) is 7.05 Å². The van der Waals surface area contributed by atoms with E-state index in [0.29, 0.717) is 11.3 Å². The van der Waals surface area contributed by atoms with Gasteiger partial charge in [0, 0.05) is 12.6 Å². The van der Waals surface area contributed by atoms with Crippen LogP contribution in [0.1, 0.15) is 12.5 Å². The average molecular weight is 304 g/mol. The number of phenols is 1. The number of aromatic hydroxyl groups is 1. The third-order valence-corrected chi connectivity index (χ3v) is 4.62. The fourth-order valence-corrected chi connectivity index (χ4v) is 2.88. The maximum absolute atomic E-state index is 12.3. The Hall–Kier alpha value is -2.34. The van der Waals surface area contributed by atoms with Gasteiger partial charge in [-0.05, 0) is 31.2 Å². The Balaban J connectivity index is 2.35. The fourth-order valence-electron chi connectivity index (χ4n) is 1.84. The molecule has 0 saturated carbocycles. The first kappa shape index (κ1) is 15.1. The highest BCUT2D eigenvalue weighted by Gasteiger charge is 2.19. The molecule has 0 aliphatic heterocycles. The highest BCUT2D eigenvalue weighted by Crippen LogP contribution is 2.19. The number of benzene rings is 2. The molecule has 6 heteroatoms. The van der Waals surface area contributed by atoms with Gasteiger partial charge in [0.15, 0.2) is 0 Å². The number of para-hydroxylation sites is 1. The highest BCUT2D eigenvalue weighted by atomic mass is 32.2. The minimum atomic E-state index is -3.69. The molecule has 1 N–H and O–H groups in total. The van der Waals surface area contributed by atoms with Gasteiger partial charge in [-0.15, -0.1) is 0 Å². The lowest BCUT2D eigenvalue weighted by Crippen LogP contribution is -2.23. The van der Waals surface area contributed by atoms with Crippen LogP contribution >= 0.6 is 0 Å². The molecular weight excluding hydrogens is 288 g/mol. The Bertz CT molecular complexity index is 755. The lowest BCUT2D eigenvalue weighted by atomic mass is 10.1. The number of nitrogens with zero attached hydrogens (tertiary/aromatic N) is 2. The van der Waals surface area contributed by atoms with Crippen LogP contribution in [0.5, 0.6) is 5.75 Å². The molecule has 0 bridgehead atoms. The van der Waals surface area contributed by atoms with Gasteiger partial charge in [-0.3, -0.25) is 0 Å². The molecule has 0 aliphatic carbocycles. The maximum Gasteiger partial charge on any atom is 0.278 e. The Morgan fingerprint density at radius 1 is 1.05 bits per heavy atom. The van der Waals surface area contributed by atoms with Gasteiger partial charge in [0.1, 0.15) is 5.75 Å². The van der Waals surface area contributed by atoms with Crippen molar-refractivity contribution in [3.05, 3.63) is 60.2 Å². The molecule has 110 valence electrons. The molecule has 0 heterocycles. The lowest BCUT2D eigenvalue weighted by molar-refractivity contribution is 0.472. The van der Waals surface area contributed by atoms with E-state index in [2.05, 4.69) is 5.10 Å². The largest absolute Gasteiger partial charge is 0.507 e. The van der Waals surface area contributed by atoms with Gasteiger partial charge >= 0.3 is 0 Å². The summed E-state index contributed by atoms with van der Waals surface area (Å²) in [4.78, 5) is 0.168. The number of phenolic OH excluding ortho intramolecular Hbond substituents is 1. The second-order valence-corrected chi connectivity index (χ2v) is 6.40. The molecule has 0 radical (unpaired) electrons. The third-order valence-electron chi connectivity index (χ3n) is 2.97. The van der Waals surface area contributed by atoms with Gasteiger partial charge in [-0.2, -0.15) is 17.9 Å².